The lowest BCUT2D eigenvalue weighted by atomic mass is 9.95. The van der Waals surface area contributed by atoms with Gasteiger partial charge in [-0.1, -0.05) is 44.2 Å². The lowest BCUT2D eigenvalue weighted by Gasteiger charge is -2.32. The molecule has 30 heavy (non-hydrogen) atoms. The number of amides is 4. The van der Waals surface area contributed by atoms with E-state index in [1.54, 1.807) is 9.80 Å². The molecule has 2 aliphatic heterocycles. The van der Waals surface area contributed by atoms with E-state index in [4.69, 9.17) is 0 Å². The normalized spacial score (nSPS) is 22.3. The number of rotatable bonds is 7. The summed E-state index contributed by atoms with van der Waals surface area (Å²) in [6, 6.07) is 8.53. The van der Waals surface area contributed by atoms with E-state index in [9.17, 15) is 14.4 Å². The monoisotopic (exact) mass is 410 g/mol. The minimum absolute atomic E-state index is 0.0852. The highest BCUT2D eigenvalue weighted by molar-refractivity contribution is 6.03. The average Bonchev–Trinajstić information content (AvgIpc) is 3.47. The van der Waals surface area contributed by atoms with Crippen molar-refractivity contribution in [3.05, 3.63) is 47.2 Å². The minimum Gasteiger partial charge on any atom is -0.352 e. The van der Waals surface area contributed by atoms with E-state index in [0.29, 0.717) is 24.2 Å². The van der Waals surface area contributed by atoms with Gasteiger partial charge in [-0.05, 0) is 37.7 Å². The highest BCUT2D eigenvalue weighted by atomic mass is 16.2. The van der Waals surface area contributed by atoms with Crippen LogP contribution in [0.1, 0.15) is 51.6 Å². The van der Waals surface area contributed by atoms with Crippen molar-refractivity contribution in [1.82, 2.24) is 20.4 Å². The Labute approximate surface area is 177 Å². The molecule has 2 atom stereocenters. The molecule has 2 unspecified atom stereocenters. The topological polar surface area (TPSA) is 81.8 Å². The Balaban J connectivity index is 1.68. The van der Waals surface area contributed by atoms with Crippen molar-refractivity contribution in [2.45, 2.75) is 58.2 Å². The maximum atomic E-state index is 13.6. The Morgan fingerprint density at radius 2 is 1.90 bits per heavy atom. The highest BCUT2D eigenvalue weighted by Gasteiger charge is 2.47. The summed E-state index contributed by atoms with van der Waals surface area (Å²) < 4.78 is 0. The Kier molecular flexibility index (Phi) is 5.54. The molecule has 1 saturated carbocycles. The van der Waals surface area contributed by atoms with E-state index in [-0.39, 0.29) is 36.3 Å². The van der Waals surface area contributed by atoms with Gasteiger partial charge in [-0.2, -0.15) is 0 Å². The van der Waals surface area contributed by atoms with Crippen molar-refractivity contribution in [2.75, 3.05) is 13.1 Å². The van der Waals surface area contributed by atoms with Gasteiger partial charge in [0.15, 0.2) is 0 Å². The van der Waals surface area contributed by atoms with Crippen molar-refractivity contribution in [3.8, 4) is 0 Å². The van der Waals surface area contributed by atoms with Crippen molar-refractivity contribution in [2.24, 2.45) is 5.92 Å². The molecule has 4 amide bonds. The summed E-state index contributed by atoms with van der Waals surface area (Å²) in [4.78, 5) is 42.7. The van der Waals surface area contributed by atoms with Crippen molar-refractivity contribution in [1.29, 1.82) is 0 Å². The van der Waals surface area contributed by atoms with Gasteiger partial charge in [-0.3, -0.25) is 14.5 Å². The summed E-state index contributed by atoms with van der Waals surface area (Å²) in [5.74, 6) is 0.0178. The van der Waals surface area contributed by atoms with Gasteiger partial charge in [-0.25, -0.2) is 4.79 Å². The second-order valence-corrected chi connectivity index (χ2v) is 8.76. The van der Waals surface area contributed by atoms with Gasteiger partial charge in [0.25, 0.3) is 5.91 Å². The number of hydrogen-bond donors (Lipinski definition) is 2. The molecule has 1 fully saturated rings. The van der Waals surface area contributed by atoms with E-state index in [1.807, 2.05) is 37.3 Å². The molecule has 0 bridgehead atoms. The van der Waals surface area contributed by atoms with Crippen LogP contribution in [0.3, 0.4) is 0 Å². The van der Waals surface area contributed by atoms with E-state index >= 15 is 0 Å². The lowest BCUT2D eigenvalue weighted by molar-refractivity contribution is -0.137. The number of carbonyl (C=O) groups excluding carboxylic acids is 3. The third-order valence-corrected chi connectivity index (χ3v) is 6.00. The molecule has 2 N–H and O–H groups in total. The van der Waals surface area contributed by atoms with Crippen LogP contribution in [0.4, 0.5) is 4.79 Å². The summed E-state index contributed by atoms with van der Waals surface area (Å²) >= 11 is 0. The SMILES string of the molecule is CCN1C(=O)NC(c2ccccc2)C2=C1CN(C(CC(C)C)C(=O)NC1CC1)C2=O. The second-order valence-electron chi connectivity index (χ2n) is 8.76. The van der Waals surface area contributed by atoms with E-state index in [2.05, 4.69) is 24.5 Å². The molecule has 1 aromatic carbocycles. The molecule has 0 spiro atoms. The maximum absolute atomic E-state index is 13.6. The van der Waals surface area contributed by atoms with Crippen molar-refractivity contribution >= 4 is 17.8 Å². The quantitative estimate of drug-likeness (QED) is 0.725. The summed E-state index contributed by atoms with van der Waals surface area (Å²) in [5.41, 5.74) is 2.16. The highest BCUT2D eigenvalue weighted by Crippen LogP contribution is 2.37. The third kappa shape index (κ3) is 3.80. The number of urea groups is 1. The number of nitrogens with zero attached hydrogens (tertiary/aromatic N) is 2. The first-order chi connectivity index (χ1) is 14.4. The lowest BCUT2D eigenvalue weighted by Crippen LogP contribution is -2.49. The zero-order chi connectivity index (χ0) is 21.4. The van der Waals surface area contributed by atoms with Gasteiger partial charge in [0, 0.05) is 12.6 Å². The summed E-state index contributed by atoms with van der Waals surface area (Å²) in [6.07, 6.45) is 2.59. The molecular weight excluding hydrogens is 380 g/mol. The van der Waals surface area contributed by atoms with Crippen LogP contribution in [-0.2, 0) is 9.59 Å². The minimum atomic E-state index is -0.533. The average molecular weight is 411 g/mol. The molecule has 7 heteroatoms. The van der Waals surface area contributed by atoms with Gasteiger partial charge in [0.05, 0.1) is 23.9 Å². The predicted molar refractivity (Wildman–Crippen MR) is 113 cm³/mol. The smallest absolute Gasteiger partial charge is 0.322 e. The molecule has 160 valence electrons. The van der Waals surface area contributed by atoms with Crippen LogP contribution in [0.2, 0.25) is 0 Å². The fourth-order valence-electron chi connectivity index (χ4n) is 4.34. The second kappa shape index (κ2) is 8.13. The standard InChI is InChI=1S/C23H30N4O3/c1-4-26-18-13-27(17(12-14(2)3)21(28)24-16-10-11-16)22(29)19(18)20(25-23(26)30)15-8-6-5-7-9-15/h5-9,14,16-17,20H,4,10-13H2,1-3H3,(H,24,28)(H,25,30). The van der Waals surface area contributed by atoms with E-state index < -0.39 is 12.1 Å². The van der Waals surface area contributed by atoms with Gasteiger partial charge in [0.2, 0.25) is 5.91 Å². The molecule has 1 aromatic rings. The largest absolute Gasteiger partial charge is 0.352 e. The predicted octanol–water partition coefficient (Wildman–Crippen LogP) is 2.56. The van der Waals surface area contributed by atoms with Crippen molar-refractivity contribution in [3.63, 3.8) is 0 Å². The molecular formula is C23H30N4O3. The number of benzene rings is 1. The van der Waals surface area contributed by atoms with Crippen LogP contribution >= 0.6 is 0 Å². The third-order valence-electron chi connectivity index (χ3n) is 6.00. The first-order valence-electron chi connectivity index (χ1n) is 10.9. The van der Waals surface area contributed by atoms with Gasteiger partial charge < -0.3 is 15.5 Å². The molecule has 0 aromatic heterocycles. The maximum Gasteiger partial charge on any atom is 0.322 e. The van der Waals surface area contributed by atoms with Crippen LogP contribution in [0, 0.1) is 5.92 Å². The first kappa shape index (κ1) is 20.4. The zero-order valence-electron chi connectivity index (χ0n) is 17.9. The van der Waals surface area contributed by atoms with Crippen LogP contribution < -0.4 is 10.6 Å². The van der Waals surface area contributed by atoms with Crippen LogP contribution in [-0.4, -0.2) is 52.8 Å². The van der Waals surface area contributed by atoms with Crippen LogP contribution in [0.25, 0.3) is 0 Å². The van der Waals surface area contributed by atoms with Gasteiger partial charge >= 0.3 is 6.03 Å². The molecule has 0 saturated heterocycles. The van der Waals surface area contributed by atoms with Gasteiger partial charge in [-0.15, -0.1) is 0 Å². The number of hydrogen-bond acceptors (Lipinski definition) is 3. The van der Waals surface area contributed by atoms with Crippen LogP contribution in [0.5, 0.6) is 0 Å². The van der Waals surface area contributed by atoms with Crippen molar-refractivity contribution < 1.29 is 14.4 Å². The Morgan fingerprint density at radius 1 is 1.20 bits per heavy atom. The zero-order valence-corrected chi connectivity index (χ0v) is 17.9. The fraction of sp³-hybridized carbons (Fsp3) is 0.522. The molecule has 4 rings (SSSR count). The Morgan fingerprint density at radius 3 is 2.50 bits per heavy atom. The Hall–Kier alpha value is -2.83. The number of likely N-dealkylation sites (N-methyl/N-ethyl adjacent to an activating group) is 1. The van der Waals surface area contributed by atoms with E-state index in [0.717, 1.165) is 18.4 Å². The van der Waals surface area contributed by atoms with E-state index in [1.165, 1.54) is 0 Å². The number of carbonyl (C=O) groups is 3. The van der Waals surface area contributed by atoms with Crippen LogP contribution in [0.15, 0.2) is 41.6 Å². The fourth-order valence-corrected chi connectivity index (χ4v) is 4.34. The molecule has 3 aliphatic rings. The van der Waals surface area contributed by atoms with Gasteiger partial charge in [0.1, 0.15) is 6.04 Å². The molecule has 2 heterocycles. The molecule has 1 aliphatic carbocycles. The summed E-state index contributed by atoms with van der Waals surface area (Å²) in [7, 11) is 0. The molecule has 7 nitrogen and oxygen atoms in total. The first-order valence-corrected chi connectivity index (χ1v) is 10.9. The summed E-state index contributed by atoms with van der Waals surface area (Å²) in [6.45, 7) is 6.76. The Bertz CT molecular complexity index is 876. The number of nitrogens with one attached hydrogen (secondary N) is 2. The molecule has 0 radical (unpaired) electrons. The summed E-state index contributed by atoms with van der Waals surface area (Å²) in [5, 5.41) is 6.06.